The minimum Gasteiger partial charge on any atom is -0.469 e. The zero-order valence-corrected chi connectivity index (χ0v) is 32.2. The van der Waals surface area contributed by atoms with Crippen LogP contribution in [0.25, 0.3) is 27.8 Å². The predicted molar refractivity (Wildman–Crippen MR) is 205 cm³/mol. The first-order valence-corrected chi connectivity index (χ1v) is 18.5. The molecule has 2 amide bonds. The van der Waals surface area contributed by atoms with E-state index in [4.69, 9.17) is 9.72 Å². The predicted octanol–water partition coefficient (Wildman–Crippen LogP) is 4.97. The van der Waals surface area contributed by atoms with Crippen LogP contribution < -0.4 is 20.7 Å². The molecular weight excluding hydrogens is 726 g/mol. The molecule has 1 aromatic carbocycles. The van der Waals surface area contributed by atoms with Crippen LogP contribution in [0.1, 0.15) is 61.6 Å². The second kappa shape index (κ2) is 14.8. The van der Waals surface area contributed by atoms with E-state index >= 15 is 8.78 Å². The van der Waals surface area contributed by atoms with Crippen molar-refractivity contribution in [3.8, 4) is 22.3 Å². The van der Waals surface area contributed by atoms with Gasteiger partial charge in [-0.1, -0.05) is 6.07 Å². The van der Waals surface area contributed by atoms with Gasteiger partial charge in [-0.2, -0.15) is 0 Å². The number of hydrogen-bond acceptors (Lipinski definition) is 10. The Hall–Kier alpha value is -5.70. The minimum atomic E-state index is -1.12. The maximum Gasteiger partial charge on any atom is 0.414 e. The molecule has 4 aromatic rings. The first kappa shape index (κ1) is 38.6. The molecule has 2 atom stereocenters. The number of carbonyl (C=O) groups excluding carboxylic acids is 4. The third kappa shape index (κ3) is 7.11. The molecule has 7 rings (SSSR count). The lowest BCUT2D eigenvalue weighted by Gasteiger charge is -2.31. The highest BCUT2D eigenvalue weighted by Gasteiger charge is 2.44. The maximum absolute atomic E-state index is 16.3. The molecule has 3 aromatic heterocycles. The number of ether oxygens (including phenoxy) is 2. The van der Waals surface area contributed by atoms with Gasteiger partial charge in [-0.15, -0.1) is 0 Å². The van der Waals surface area contributed by atoms with Gasteiger partial charge in [-0.3, -0.25) is 33.5 Å². The molecular formula is C41H44F2N6O7. The summed E-state index contributed by atoms with van der Waals surface area (Å²) in [6, 6.07) is 7.62. The molecule has 294 valence electrons. The summed E-state index contributed by atoms with van der Waals surface area (Å²) in [4.78, 5) is 74.3. The number of rotatable bonds is 9. The number of nitrogens with zero attached hydrogens (tertiary/aromatic N) is 5. The van der Waals surface area contributed by atoms with Crippen LogP contribution >= 0.6 is 0 Å². The molecule has 0 saturated carbocycles. The number of halogens is 2. The number of hydrogen-bond donors (Lipinski definition) is 1. The van der Waals surface area contributed by atoms with Crippen LogP contribution in [-0.4, -0.2) is 97.1 Å². The Labute approximate surface area is 322 Å². The van der Waals surface area contributed by atoms with Crippen molar-refractivity contribution in [2.24, 2.45) is 5.92 Å². The number of Topliss-reactive ketones (excluding diaryl/α,β-unsaturated/α-hetero) is 1. The Bertz CT molecular complexity index is 2360. The first-order chi connectivity index (χ1) is 26.6. The van der Waals surface area contributed by atoms with Crippen molar-refractivity contribution in [1.29, 1.82) is 0 Å². The largest absolute Gasteiger partial charge is 0.469 e. The van der Waals surface area contributed by atoms with Gasteiger partial charge in [0.05, 0.1) is 37.1 Å². The van der Waals surface area contributed by atoms with Crippen LogP contribution in [0.2, 0.25) is 0 Å². The molecule has 1 N–H and O–H groups in total. The van der Waals surface area contributed by atoms with Gasteiger partial charge >= 0.3 is 12.1 Å². The topological polar surface area (TPSA) is 143 Å². The van der Waals surface area contributed by atoms with Crippen LogP contribution in [0.3, 0.4) is 0 Å². The van der Waals surface area contributed by atoms with Crippen molar-refractivity contribution in [3.63, 3.8) is 0 Å². The Balaban J connectivity index is 1.33. The van der Waals surface area contributed by atoms with Crippen LogP contribution in [-0.2, 0) is 25.5 Å². The van der Waals surface area contributed by atoms with E-state index in [9.17, 15) is 24.0 Å². The van der Waals surface area contributed by atoms with Gasteiger partial charge in [0, 0.05) is 91.8 Å². The van der Waals surface area contributed by atoms with Gasteiger partial charge in [-0.05, 0) is 63.9 Å². The van der Waals surface area contributed by atoms with Crippen molar-refractivity contribution in [3.05, 3.63) is 81.5 Å². The highest BCUT2D eigenvalue weighted by molar-refractivity contribution is 6.00. The molecule has 0 unspecified atom stereocenters. The minimum absolute atomic E-state index is 0.0302. The number of ketones is 1. The molecule has 3 aliphatic rings. The fourth-order valence-electron chi connectivity index (χ4n) is 8.11. The summed E-state index contributed by atoms with van der Waals surface area (Å²) in [6.45, 7) is 7.10. The van der Waals surface area contributed by atoms with Gasteiger partial charge in [0.25, 0.3) is 11.5 Å². The summed E-state index contributed by atoms with van der Waals surface area (Å²) in [7, 11) is 4.74. The SMILES string of the molecule is COC(=O)CCC(=O)CNC(=O)c1ccc2ccc(-c3cnc4c(c3N3CC[C@H]5CN(C)C[C@H]53)-c3c(F)c(F)cc(N(C)C(=O)OC(C)(C)C)c3C4)cn2c1=O. The van der Waals surface area contributed by atoms with E-state index < -0.39 is 46.5 Å². The standard InChI is InChI=1S/C41H44F2N6O7/c1-41(2,3)56-40(54)47(5)31-16-29(42)36(43)34-27(31)15-30-35(34)37(48-14-13-23-19-46(4)21-32(23)48)28(18-44-30)22-7-8-24-9-11-26(39(53)49(24)20-22)38(52)45-17-25(50)10-12-33(51)55-6/h7-9,11,16,18,20,23,32H,10,12-15,17,19,21H2,1-6H3,(H,45,52)/t23-,32+/m0/s1. The lowest BCUT2D eigenvalue weighted by atomic mass is 9.96. The van der Waals surface area contributed by atoms with Crippen LogP contribution in [0.4, 0.5) is 25.0 Å². The van der Waals surface area contributed by atoms with Gasteiger partial charge in [-0.25, -0.2) is 13.6 Å². The van der Waals surface area contributed by atoms with E-state index in [0.29, 0.717) is 51.6 Å². The maximum atomic E-state index is 16.3. The van der Waals surface area contributed by atoms with Gasteiger partial charge in [0.2, 0.25) is 0 Å². The lowest BCUT2D eigenvalue weighted by molar-refractivity contribution is -0.141. The van der Waals surface area contributed by atoms with Gasteiger partial charge < -0.3 is 24.6 Å². The number of esters is 1. The molecule has 56 heavy (non-hydrogen) atoms. The molecule has 2 aliphatic heterocycles. The summed E-state index contributed by atoms with van der Waals surface area (Å²) in [6.07, 6.45) is 3.34. The molecule has 15 heteroatoms. The number of carbonyl (C=O) groups is 4. The third-order valence-electron chi connectivity index (χ3n) is 10.8. The second-order valence-corrected chi connectivity index (χ2v) is 15.7. The van der Waals surface area contributed by atoms with Crippen molar-refractivity contribution in [2.45, 2.75) is 58.1 Å². The Morgan fingerprint density at radius 2 is 1.80 bits per heavy atom. The average molecular weight is 771 g/mol. The third-order valence-corrected chi connectivity index (χ3v) is 10.8. The molecule has 0 radical (unpaired) electrons. The van der Waals surface area contributed by atoms with Crippen LogP contribution in [0.5, 0.6) is 0 Å². The van der Waals surface area contributed by atoms with E-state index in [-0.39, 0.29) is 48.7 Å². The van der Waals surface area contributed by atoms with E-state index in [1.54, 1.807) is 45.3 Å². The quantitative estimate of drug-likeness (QED) is 0.204. The normalized spacial score (nSPS) is 17.4. The number of amides is 2. The lowest BCUT2D eigenvalue weighted by Crippen LogP contribution is -2.35. The number of fused-ring (bicyclic) bond motifs is 5. The van der Waals surface area contributed by atoms with Crippen molar-refractivity contribution >= 4 is 40.6 Å². The molecule has 13 nitrogen and oxygen atoms in total. The summed E-state index contributed by atoms with van der Waals surface area (Å²) >= 11 is 0. The number of aromatic nitrogens is 2. The highest BCUT2D eigenvalue weighted by atomic mass is 19.2. The molecule has 1 aliphatic carbocycles. The Morgan fingerprint density at radius 1 is 1.05 bits per heavy atom. The van der Waals surface area contributed by atoms with Gasteiger partial charge in [0.1, 0.15) is 11.2 Å². The number of likely N-dealkylation sites (tertiary alicyclic amines) is 1. The van der Waals surface area contributed by atoms with E-state index in [2.05, 4.69) is 26.9 Å². The fourth-order valence-corrected chi connectivity index (χ4v) is 8.11. The van der Waals surface area contributed by atoms with Crippen LogP contribution in [0.15, 0.2) is 47.5 Å². The molecule has 2 fully saturated rings. The van der Waals surface area contributed by atoms with Crippen LogP contribution in [0, 0.1) is 17.6 Å². The number of benzene rings is 1. The Morgan fingerprint density at radius 3 is 2.54 bits per heavy atom. The zero-order valence-electron chi connectivity index (χ0n) is 32.2. The molecule has 0 spiro atoms. The van der Waals surface area contributed by atoms with E-state index in [1.807, 2.05) is 6.07 Å². The molecule has 0 bridgehead atoms. The second-order valence-electron chi connectivity index (χ2n) is 15.7. The summed E-state index contributed by atoms with van der Waals surface area (Å²) in [5, 5.41) is 2.47. The number of nitrogens with one attached hydrogen (secondary N) is 1. The number of pyridine rings is 3. The number of likely N-dealkylation sites (N-methyl/N-ethyl adjacent to an activating group) is 1. The van der Waals surface area contributed by atoms with E-state index in [1.165, 1.54) is 29.5 Å². The highest BCUT2D eigenvalue weighted by Crippen LogP contribution is 2.52. The van der Waals surface area contributed by atoms with Gasteiger partial charge in [0.15, 0.2) is 17.4 Å². The van der Waals surface area contributed by atoms with Crippen molar-refractivity contribution in [1.82, 2.24) is 19.6 Å². The smallest absolute Gasteiger partial charge is 0.414 e. The molecule has 2 saturated heterocycles. The van der Waals surface area contributed by atoms with Crippen molar-refractivity contribution in [2.75, 3.05) is 57.2 Å². The summed E-state index contributed by atoms with van der Waals surface area (Å²) in [5.74, 6) is -3.53. The zero-order chi connectivity index (χ0) is 40.2. The number of anilines is 2. The first-order valence-electron chi connectivity index (χ1n) is 18.5. The number of methoxy groups -OCH3 is 1. The Kier molecular flexibility index (Phi) is 10.2. The average Bonchev–Trinajstić information content (AvgIpc) is 3.85. The monoisotopic (exact) mass is 770 g/mol. The van der Waals surface area contributed by atoms with E-state index in [0.717, 1.165) is 25.6 Å². The summed E-state index contributed by atoms with van der Waals surface area (Å²) < 4.78 is 43.5. The summed E-state index contributed by atoms with van der Waals surface area (Å²) in [5.41, 5.74) is 2.19. The van der Waals surface area contributed by atoms with Crippen molar-refractivity contribution < 1.29 is 37.4 Å². The fraction of sp³-hybridized carbons (Fsp3) is 0.415. The molecule has 5 heterocycles.